The SMILES string of the molecule is COc1ccc(CCNC(=O)NC(C(=O)O)C2CC2)cc1. The molecule has 1 fully saturated rings. The number of hydrogen-bond donors (Lipinski definition) is 3. The van der Waals surface area contributed by atoms with Gasteiger partial charge in [-0.1, -0.05) is 12.1 Å². The zero-order chi connectivity index (χ0) is 15.2. The lowest BCUT2D eigenvalue weighted by atomic mass is 10.1. The first-order chi connectivity index (χ1) is 10.1. The molecule has 1 unspecified atom stereocenters. The van der Waals surface area contributed by atoms with Gasteiger partial charge in [-0.05, 0) is 42.9 Å². The van der Waals surface area contributed by atoms with Crippen LogP contribution in [0.2, 0.25) is 0 Å². The maximum Gasteiger partial charge on any atom is 0.326 e. The summed E-state index contributed by atoms with van der Waals surface area (Å²) in [6.45, 7) is 0.454. The summed E-state index contributed by atoms with van der Waals surface area (Å²) in [5.74, 6) is -0.101. The highest BCUT2D eigenvalue weighted by Crippen LogP contribution is 2.32. The number of carbonyl (C=O) groups excluding carboxylic acids is 1. The summed E-state index contributed by atoms with van der Waals surface area (Å²) in [6.07, 6.45) is 2.41. The van der Waals surface area contributed by atoms with Crippen molar-refractivity contribution in [3.05, 3.63) is 29.8 Å². The molecule has 1 aliphatic carbocycles. The van der Waals surface area contributed by atoms with Gasteiger partial charge >= 0.3 is 12.0 Å². The predicted molar refractivity (Wildman–Crippen MR) is 77.4 cm³/mol. The largest absolute Gasteiger partial charge is 0.497 e. The Bertz CT molecular complexity index is 497. The molecule has 0 heterocycles. The molecule has 0 saturated heterocycles. The third kappa shape index (κ3) is 4.66. The van der Waals surface area contributed by atoms with E-state index in [0.717, 1.165) is 24.2 Å². The fraction of sp³-hybridized carbons (Fsp3) is 0.467. The minimum absolute atomic E-state index is 0.0786. The fourth-order valence-electron chi connectivity index (χ4n) is 2.12. The van der Waals surface area contributed by atoms with Crippen molar-refractivity contribution < 1.29 is 19.4 Å². The Hall–Kier alpha value is -2.24. The van der Waals surface area contributed by atoms with Crippen molar-refractivity contribution in [3.63, 3.8) is 0 Å². The van der Waals surface area contributed by atoms with Crippen molar-refractivity contribution in [2.75, 3.05) is 13.7 Å². The number of methoxy groups -OCH3 is 1. The molecule has 2 amide bonds. The number of amides is 2. The standard InChI is InChI=1S/C15H20N2O4/c1-21-12-6-2-10(3-7-12)8-9-16-15(20)17-13(14(18)19)11-4-5-11/h2-3,6-7,11,13H,4-5,8-9H2,1H3,(H,18,19)(H2,16,17,20). The van der Waals surface area contributed by atoms with Crippen LogP contribution in [0.5, 0.6) is 5.75 Å². The number of urea groups is 1. The van der Waals surface area contributed by atoms with Crippen LogP contribution >= 0.6 is 0 Å². The molecule has 0 radical (unpaired) electrons. The summed E-state index contributed by atoms with van der Waals surface area (Å²) in [7, 11) is 1.61. The molecule has 1 saturated carbocycles. The quantitative estimate of drug-likeness (QED) is 0.709. The lowest BCUT2D eigenvalue weighted by Crippen LogP contribution is -2.47. The molecule has 2 rings (SSSR count). The second-order valence-corrected chi connectivity index (χ2v) is 5.15. The van der Waals surface area contributed by atoms with E-state index >= 15 is 0 Å². The van der Waals surface area contributed by atoms with E-state index in [4.69, 9.17) is 9.84 Å². The molecule has 1 aromatic carbocycles. The van der Waals surface area contributed by atoms with Crippen LogP contribution in [0.25, 0.3) is 0 Å². The number of aliphatic carboxylic acids is 1. The number of carbonyl (C=O) groups is 2. The Morgan fingerprint density at radius 2 is 2.00 bits per heavy atom. The average molecular weight is 292 g/mol. The van der Waals surface area contributed by atoms with Gasteiger partial charge in [0.15, 0.2) is 0 Å². The third-order valence-corrected chi connectivity index (χ3v) is 3.50. The van der Waals surface area contributed by atoms with Gasteiger partial charge in [-0.15, -0.1) is 0 Å². The van der Waals surface area contributed by atoms with E-state index in [9.17, 15) is 9.59 Å². The molecule has 0 bridgehead atoms. The van der Waals surface area contributed by atoms with Crippen LogP contribution in [0.3, 0.4) is 0 Å². The summed E-state index contributed by atoms with van der Waals surface area (Å²) in [5.41, 5.74) is 1.08. The van der Waals surface area contributed by atoms with Crippen LogP contribution in [0.1, 0.15) is 18.4 Å². The van der Waals surface area contributed by atoms with Crippen LogP contribution in [-0.2, 0) is 11.2 Å². The molecule has 0 aliphatic heterocycles. The van der Waals surface area contributed by atoms with Crippen molar-refractivity contribution in [3.8, 4) is 5.75 Å². The number of carboxylic acid groups (broad SMARTS) is 1. The number of hydrogen-bond acceptors (Lipinski definition) is 3. The van der Waals surface area contributed by atoms with E-state index < -0.39 is 18.0 Å². The van der Waals surface area contributed by atoms with Gasteiger partial charge < -0.3 is 20.5 Å². The van der Waals surface area contributed by atoms with Crippen molar-refractivity contribution in [1.29, 1.82) is 0 Å². The van der Waals surface area contributed by atoms with Crippen LogP contribution in [0.4, 0.5) is 4.79 Å². The highest BCUT2D eigenvalue weighted by atomic mass is 16.5. The molecule has 114 valence electrons. The maximum absolute atomic E-state index is 11.7. The smallest absolute Gasteiger partial charge is 0.326 e. The highest BCUT2D eigenvalue weighted by molar-refractivity contribution is 5.83. The Morgan fingerprint density at radius 3 is 2.52 bits per heavy atom. The molecule has 6 nitrogen and oxygen atoms in total. The lowest BCUT2D eigenvalue weighted by Gasteiger charge is -2.14. The summed E-state index contributed by atoms with van der Waals surface area (Å²) < 4.78 is 5.07. The maximum atomic E-state index is 11.7. The first-order valence-electron chi connectivity index (χ1n) is 7.00. The van der Waals surface area contributed by atoms with Gasteiger partial charge in [0, 0.05) is 6.54 Å². The molecule has 1 atom stereocenters. The Balaban J connectivity index is 1.71. The Morgan fingerprint density at radius 1 is 1.33 bits per heavy atom. The fourth-order valence-corrected chi connectivity index (χ4v) is 2.12. The summed E-state index contributed by atoms with van der Waals surface area (Å²) in [5, 5.41) is 14.2. The van der Waals surface area contributed by atoms with Gasteiger partial charge in [-0.3, -0.25) is 0 Å². The lowest BCUT2D eigenvalue weighted by molar-refractivity contribution is -0.139. The van der Waals surface area contributed by atoms with E-state index in [0.29, 0.717) is 13.0 Å². The number of ether oxygens (including phenoxy) is 1. The van der Waals surface area contributed by atoms with Crippen LogP contribution in [0.15, 0.2) is 24.3 Å². The first-order valence-corrected chi connectivity index (χ1v) is 7.00. The zero-order valence-corrected chi connectivity index (χ0v) is 12.0. The second-order valence-electron chi connectivity index (χ2n) is 5.15. The summed E-state index contributed by atoms with van der Waals surface area (Å²) in [6, 6.07) is 6.39. The third-order valence-electron chi connectivity index (χ3n) is 3.50. The van der Waals surface area contributed by atoms with Crippen LogP contribution < -0.4 is 15.4 Å². The average Bonchev–Trinajstić information content (AvgIpc) is 3.30. The van der Waals surface area contributed by atoms with E-state index in [-0.39, 0.29) is 5.92 Å². The van der Waals surface area contributed by atoms with Crippen molar-refractivity contribution in [2.45, 2.75) is 25.3 Å². The zero-order valence-electron chi connectivity index (χ0n) is 12.0. The van der Waals surface area contributed by atoms with Crippen molar-refractivity contribution >= 4 is 12.0 Å². The summed E-state index contributed by atoms with van der Waals surface area (Å²) >= 11 is 0. The molecule has 0 aromatic heterocycles. The molecule has 1 aliphatic rings. The predicted octanol–water partition coefficient (Wildman–Crippen LogP) is 1.40. The number of carboxylic acids is 1. The van der Waals surface area contributed by atoms with E-state index in [1.807, 2.05) is 24.3 Å². The van der Waals surface area contributed by atoms with Gasteiger partial charge in [0.2, 0.25) is 0 Å². The second kappa shape index (κ2) is 6.97. The molecule has 3 N–H and O–H groups in total. The minimum atomic E-state index is -0.970. The van der Waals surface area contributed by atoms with Crippen LogP contribution in [-0.4, -0.2) is 36.8 Å². The molecule has 0 spiro atoms. The molecular weight excluding hydrogens is 272 g/mol. The molecule has 6 heteroatoms. The first kappa shape index (κ1) is 15.2. The number of benzene rings is 1. The van der Waals surface area contributed by atoms with Crippen molar-refractivity contribution in [1.82, 2.24) is 10.6 Å². The summed E-state index contributed by atoms with van der Waals surface area (Å²) in [4.78, 5) is 22.7. The highest BCUT2D eigenvalue weighted by Gasteiger charge is 2.37. The Kier molecular flexibility index (Phi) is 5.03. The molecule has 21 heavy (non-hydrogen) atoms. The normalized spacial score (nSPS) is 15.1. The number of nitrogens with one attached hydrogen (secondary N) is 2. The van der Waals surface area contributed by atoms with Crippen molar-refractivity contribution in [2.24, 2.45) is 5.92 Å². The number of rotatable bonds is 7. The van der Waals surface area contributed by atoms with E-state index in [2.05, 4.69) is 10.6 Å². The van der Waals surface area contributed by atoms with Gasteiger partial charge in [0.25, 0.3) is 0 Å². The van der Waals surface area contributed by atoms with E-state index in [1.165, 1.54) is 0 Å². The van der Waals surface area contributed by atoms with Crippen LogP contribution in [0, 0.1) is 5.92 Å². The Labute approximate surface area is 123 Å². The molecule has 1 aromatic rings. The van der Waals surface area contributed by atoms with Gasteiger partial charge in [0.1, 0.15) is 11.8 Å². The topological polar surface area (TPSA) is 87.7 Å². The molecular formula is C15H20N2O4. The van der Waals surface area contributed by atoms with E-state index in [1.54, 1.807) is 7.11 Å². The monoisotopic (exact) mass is 292 g/mol. The minimum Gasteiger partial charge on any atom is -0.497 e. The van der Waals surface area contributed by atoms with Gasteiger partial charge in [0.05, 0.1) is 7.11 Å². The van der Waals surface area contributed by atoms with Gasteiger partial charge in [-0.2, -0.15) is 0 Å². The van der Waals surface area contributed by atoms with Gasteiger partial charge in [-0.25, -0.2) is 9.59 Å².